The van der Waals surface area contributed by atoms with Gasteiger partial charge in [-0.1, -0.05) is 26.0 Å². The summed E-state index contributed by atoms with van der Waals surface area (Å²) in [6.07, 6.45) is 0.0700. The molecule has 30 heavy (non-hydrogen) atoms. The molecule has 7 nitrogen and oxygen atoms in total. The highest BCUT2D eigenvalue weighted by atomic mass is 32.1. The molecule has 0 atom stereocenters. The summed E-state index contributed by atoms with van der Waals surface area (Å²) in [6.45, 7) is 6.56. The van der Waals surface area contributed by atoms with Crippen molar-refractivity contribution in [2.24, 2.45) is 0 Å². The van der Waals surface area contributed by atoms with Crippen LogP contribution < -0.4 is 10.1 Å². The van der Waals surface area contributed by atoms with E-state index in [0.717, 1.165) is 5.75 Å². The average molecular weight is 429 g/mol. The van der Waals surface area contributed by atoms with Crippen LogP contribution in [0.3, 0.4) is 0 Å². The largest absolute Gasteiger partial charge is 0.486 e. The first-order valence-corrected chi connectivity index (χ1v) is 10.6. The molecule has 0 unspecified atom stereocenters. The zero-order valence-electron chi connectivity index (χ0n) is 17.1. The van der Waals surface area contributed by atoms with Crippen LogP contribution in [0.5, 0.6) is 5.75 Å². The first kappa shape index (κ1) is 21.6. The number of esters is 1. The Morgan fingerprint density at radius 2 is 1.93 bits per heavy atom. The summed E-state index contributed by atoms with van der Waals surface area (Å²) in [6, 6.07) is 11.2. The lowest BCUT2D eigenvalue weighted by atomic mass is 10.0. The number of nitrogens with one attached hydrogen (secondary N) is 1. The van der Waals surface area contributed by atoms with Crippen molar-refractivity contribution < 1.29 is 23.5 Å². The van der Waals surface area contributed by atoms with E-state index in [9.17, 15) is 9.59 Å². The van der Waals surface area contributed by atoms with E-state index in [1.54, 1.807) is 24.4 Å². The summed E-state index contributed by atoms with van der Waals surface area (Å²) < 4.78 is 16.2. The summed E-state index contributed by atoms with van der Waals surface area (Å²) in [4.78, 5) is 28.1. The monoisotopic (exact) mass is 428 g/mol. The number of anilines is 1. The summed E-state index contributed by atoms with van der Waals surface area (Å²) in [5.74, 6) is 1.12. The number of hydrogen-bond acceptors (Lipinski definition) is 7. The maximum absolute atomic E-state index is 12.4. The first-order valence-electron chi connectivity index (χ1n) is 9.67. The number of benzene rings is 1. The summed E-state index contributed by atoms with van der Waals surface area (Å²) >= 11 is 1.23. The van der Waals surface area contributed by atoms with Gasteiger partial charge in [0.25, 0.3) is 5.91 Å². The number of carbonyl (C=O) groups is 2. The number of hydrogen-bond donors (Lipinski definition) is 1. The van der Waals surface area contributed by atoms with Crippen molar-refractivity contribution in [1.82, 2.24) is 4.98 Å². The minimum Gasteiger partial charge on any atom is -0.486 e. The van der Waals surface area contributed by atoms with E-state index in [1.165, 1.54) is 16.9 Å². The van der Waals surface area contributed by atoms with Gasteiger partial charge in [0.05, 0.1) is 18.7 Å². The summed E-state index contributed by atoms with van der Waals surface area (Å²) in [7, 11) is 0. The highest BCUT2D eigenvalue weighted by Gasteiger charge is 2.15. The lowest BCUT2D eigenvalue weighted by molar-refractivity contribution is -0.142. The van der Waals surface area contributed by atoms with Gasteiger partial charge in [0.1, 0.15) is 18.1 Å². The predicted molar refractivity (Wildman–Crippen MR) is 114 cm³/mol. The second kappa shape index (κ2) is 10.1. The van der Waals surface area contributed by atoms with Crippen LogP contribution in [0.15, 0.2) is 46.2 Å². The Kier molecular flexibility index (Phi) is 7.24. The zero-order valence-corrected chi connectivity index (χ0v) is 18.0. The van der Waals surface area contributed by atoms with E-state index in [-0.39, 0.29) is 24.8 Å². The molecule has 3 aromatic rings. The van der Waals surface area contributed by atoms with Crippen LogP contribution in [0, 0.1) is 0 Å². The van der Waals surface area contributed by atoms with Crippen molar-refractivity contribution in [3.63, 3.8) is 0 Å². The van der Waals surface area contributed by atoms with Gasteiger partial charge in [-0.05, 0) is 42.7 Å². The van der Waals surface area contributed by atoms with Crippen molar-refractivity contribution in [3.05, 3.63) is 64.6 Å². The van der Waals surface area contributed by atoms with Gasteiger partial charge in [0.15, 0.2) is 10.9 Å². The number of furan rings is 1. The maximum atomic E-state index is 12.4. The Labute approximate surface area is 179 Å². The molecular weight excluding hydrogens is 404 g/mol. The van der Waals surface area contributed by atoms with Gasteiger partial charge < -0.3 is 13.9 Å². The average Bonchev–Trinajstić information content (AvgIpc) is 3.36. The number of ether oxygens (including phenoxy) is 2. The van der Waals surface area contributed by atoms with Crippen LogP contribution in [0.25, 0.3) is 0 Å². The van der Waals surface area contributed by atoms with Gasteiger partial charge in [-0.25, -0.2) is 4.98 Å². The second-order valence-electron chi connectivity index (χ2n) is 6.86. The topological polar surface area (TPSA) is 90.7 Å². The molecule has 0 saturated carbocycles. The van der Waals surface area contributed by atoms with Gasteiger partial charge in [-0.3, -0.25) is 14.9 Å². The lowest BCUT2D eigenvalue weighted by Gasteiger charge is -2.07. The number of thiazole rings is 1. The quantitative estimate of drug-likeness (QED) is 0.493. The molecule has 1 amide bonds. The molecule has 0 aliphatic rings. The molecule has 0 fully saturated rings. The number of amides is 1. The fourth-order valence-electron chi connectivity index (χ4n) is 2.65. The van der Waals surface area contributed by atoms with Gasteiger partial charge in [-0.15, -0.1) is 11.3 Å². The Balaban J connectivity index is 1.52. The fraction of sp³-hybridized carbons (Fsp3) is 0.318. The van der Waals surface area contributed by atoms with E-state index in [2.05, 4.69) is 24.1 Å². The second-order valence-corrected chi connectivity index (χ2v) is 7.72. The Morgan fingerprint density at radius 3 is 2.63 bits per heavy atom. The fourth-order valence-corrected chi connectivity index (χ4v) is 3.35. The molecule has 2 aromatic heterocycles. The lowest BCUT2D eigenvalue weighted by Crippen LogP contribution is -2.11. The maximum Gasteiger partial charge on any atom is 0.311 e. The molecule has 0 saturated heterocycles. The molecule has 0 aliphatic heterocycles. The van der Waals surface area contributed by atoms with Crippen molar-refractivity contribution in [3.8, 4) is 5.75 Å². The molecule has 0 aliphatic carbocycles. The highest BCUT2D eigenvalue weighted by Crippen LogP contribution is 2.21. The summed E-state index contributed by atoms with van der Waals surface area (Å²) in [5.41, 5.74) is 1.79. The van der Waals surface area contributed by atoms with E-state index >= 15 is 0 Å². The van der Waals surface area contributed by atoms with E-state index in [0.29, 0.717) is 29.1 Å². The number of nitrogens with zero attached hydrogens (tertiary/aromatic N) is 1. The Morgan fingerprint density at radius 1 is 1.17 bits per heavy atom. The van der Waals surface area contributed by atoms with E-state index in [4.69, 9.17) is 13.9 Å². The third-order valence-electron chi connectivity index (χ3n) is 4.22. The van der Waals surface area contributed by atoms with Crippen LogP contribution in [-0.2, 0) is 22.6 Å². The van der Waals surface area contributed by atoms with Gasteiger partial charge >= 0.3 is 5.97 Å². The molecule has 158 valence electrons. The normalized spacial score (nSPS) is 10.8. The van der Waals surface area contributed by atoms with Gasteiger partial charge in [-0.2, -0.15) is 0 Å². The molecule has 1 N–H and O–H groups in total. The van der Waals surface area contributed by atoms with Gasteiger partial charge in [0, 0.05) is 5.38 Å². The zero-order chi connectivity index (χ0) is 21.5. The van der Waals surface area contributed by atoms with Crippen molar-refractivity contribution in [1.29, 1.82) is 0 Å². The molecular formula is C22H24N2O5S. The van der Waals surface area contributed by atoms with E-state index < -0.39 is 5.91 Å². The molecule has 8 heteroatoms. The first-order chi connectivity index (χ1) is 14.4. The SMILES string of the molecule is CCOC(=O)Cc1csc(NC(=O)c2ccc(COc3ccc(C(C)C)cc3)o2)n1. The molecule has 0 bridgehead atoms. The highest BCUT2D eigenvalue weighted by molar-refractivity contribution is 7.14. The number of carbonyl (C=O) groups excluding carboxylic acids is 2. The third-order valence-corrected chi connectivity index (χ3v) is 5.02. The van der Waals surface area contributed by atoms with Crippen molar-refractivity contribution >= 4 is 28.3 Å². The van der Waals surface area contributed by atoms with Gasteiger partial charge in [0.2, 0.25) is 0 Å². The molecule has 0 spiro atoms. The molecule has 2 heterocycles. The predicted octanol–water partition coefficient (Wildman–Crippen LogP) is 4.80. The van der Waals surface area contributed by atoms with Crippen LogP contribution in [0.4, 0.5) is 5.13 Å². The molecule has 3 rings (SSSR count). The third kappa shape index (κ3) is 5.93. The Bertz CT molecular complexity index is 991. The summed E-state index contributed by atoms with van der Waals surface area (Å²) in [5, 5.41) is 4.76. The smallest absolute Gasteiger partial charge is 0.311 e. The van der Waals surface area contributed by atoms with Crippen LogP contribution in [-0.4, -0.2) is 23.5 Å². The number of aromatic nitrogens is 1. The van der Waals surface area contributed by atoms with Crippen LogP contribution >= 0.6 is 11.3 Å². The van der Waals surface area contributed by atoms with E-state index in [1.807, 2.05) is 24.3 Å². The molecule has 1 aromatic carbocycles. The minimum absolute atomic E-state index is 0.0700. The molecule has 0 radical (unpaired) electrons. The Hall–Kier alpha value is -3.13. The van der Waals surface area contributed by atoms with Crippen molar-refractivity contribution in [2.45, 2.75) is 39.7 Å². The minimum atomic E-state index is -0.417. The van der Waals surface area contributed by atoms with Crippen LogP contribution in [0.1, 0.15) is 54.3 Å². The van der Waals surface area contributed by atoms with Crippen LogP contribution in [0.2, 0.25) is 0 Å². The number of rotatable bonds is 9. The standard InChI is InChI=1S/C22H24N2O5S/c1-4-27-20(25)11-16-13-30-22(23-16)24-21(26)19-10-9-18(29-19)12-28-17-7-5-15(6-8-17)14(2)3/h5-10,13-14H,4,11-12H2,1-3H3,(H,23,24,26). The van der Waals surface area contributed by atoms with Crippen molar-refractivity contribution in [2.75, 3.05) is 11.9 Å².